The maximum atomic E-state index is 11.6. The molecule has 0 spiro atoms. The van der Waals surface area contributed by atoms with Crippen LogP contribution >= 0.6 is 15.9 Å². The van der Waals surface area contributed by atoms with E-state index in [0.717, 1.165) is 17.3 Å². The number of esters is 1. The normalized spacial score (nSPS) is 12.2. The van der Waals surface area contributed by atoms with Crippen LogP contribution in [-0.2, 0) is 9.53 Å². The molecule has 1 aromatic rings. The average Bonchev–Trinajstić information content (AvgIpc) is 2.36. The van der Waals surface area contributed by atoms with Crippen molar-refractivity contribution in [2.24, 2.45) is 5.73 Å². The highest BCUT2D eigenvalue weighted by Gasteiger charge is 2.16. The summed E-state index contributed by atoms with van der Waals surface area (Å²) in [4.78, 5) is 11.6. The largest absolute Gasteiger partial charge is 0.466 e. The molecule has 0 fully saturated rings. The Hall–Kier alpha value is -0.870. The molecule has 3 nitrogen and oxygen atoms in total. The molecule has 1 rings (SSSR count). The standard InChI is InChI=1S/C14H20BrNO2/c1-2-18-14(17)10-12(4-3-9-16)11-5-7-13(15)8-6-11/h5-8,12H,2-4,9-10,16H2,1H3. The van der Waals surface area contributed by atoms with Crippen LogP contribution in [0.4, 0.5) is 0 Å². The van der Waals surface area contributed by atoms with E-state index in [0.29, 0.717) is 19.6 Å². The van der Waals surface area contributed by atoms with Gasteiger partial charge in [-0.25, -0.2) is 0 Å². The molecule has 0 aromatic heterocycles. The smallest absolute Gasteiger partial charge is 0.306 e. The summed E-state index contributed by atoms with van der Waals surface area (Å²) in [5.74, 6) is 0.0585. The van der Waals surface area contributed by atoms with Gasteiger partial charge < -0.3 is 10.5 Å². The van der Waals surface area contributed by atoms with Crippen molar-refractivity contribution in [2.45, 2.75) is 32.1 Å². The van der Waals surface area contributed by atoms with Gasteiger partial charge in [0, 0.05) is 4.47 Å². The first-order valence-electron chi connectivity index (χ1n) is 6.28. The number of benzene rings is 1. The van der Waals surface area contributed by atoms with E-state index in [-0.39, 0.29) is 11.9 Å². The lowest BCUT2D eigenvalue weighted by Gasteiger charge is -2.16. The molecule has 0 heterocycles. The molecule has 0 aliphatic heterocycles. The summed E-state index contributed by atoms with van der Waals surface area (Å²) in [6.45, 7) is 2.91. The maximum Gasteiger partial charge on any atom is 0.306 e. The molecular weight excluding hydrogens is 294 g/mol. The molecule has 0 aliphatic rings. The van der Waals surface area contributed by atoms with Crippen molar-refractivity contribution in [1.82, 2.24) is 0 Å². The second-order valence-corrected chi connectivity index (χ2v) is 5.10. The molecule has 1 aromatic carbocycles. The third kappa shape index (κ3) is 5.19. The minimum Gasteiger partial charge on any atom is -0.466 e. The van der Waals surface area contributed by atoms with E-state index in [4.69, 9.17) is 10.5 Å². The lowest BCUT2D eigenvalue weighted by molar-refractivity contribution is -0.143. The Morgan fingerprint density at radius 2 is 2.06 bits per heavy atom. The summed E-state index contributed by atoms with van der Waals surface area (Å²) < 4.78 is 6.06. The molecule has 0 saturated heterocycles. The van der Waals surface area contributed by atoms with Gasteiger partial charge in [-0.05, 0) is 49.9 Å². The van der Waals surface area contributed by atoms with Crippen molar-refractivity contribution in [3.8, 4) is 0 Å². The van der Waals surface area contributed by atoms with E-state index in [1.165, 1.54) is 5.56 Å². The predicted octanol–water partition coefficient (Wildman–Crippen LogP) is 3.22. The third-order valence-electron chi connectivity index (χ3n) is 2.82. The maximum absolute atomic E-state index is 11.6. The number of hydrogen-bond acceptors (Lipinski definition) is 3. The van der Waals surface area contributed by atoms with Crippen LogP contribution in [0.15, 0.2) is 28.7 Å². The van der Waals surface area contributed by atoms with Crippen LogP contribution in [0.5, 0.6) is 0 Å². The SMILES string of the molecule is CCOC(=O)CC(CCCN)c1ccc(Br)cc1. The molecule has 2 N–H and O–H groups in total. The van der Waals surface area contributed by atoms with Crippen molar-refractivity contribution < 1.29 is 9.53 Å². The van der Waals surface area contributed by atoms with Gasteiger partial charge in [0.2, 0.25) is 0 Å². The Morgan fingerprint density at radius 3 is 2.61 bits per heavy atom. The van der Waals surface area contributed by atoms with E-state index in [2.05, 4.69) is 15.9 Å². The number of hydrogen-bond donors (Lipinski definition) is 1. The van der Waals surface area contributed by atoms with Crippen LogP contribution in [0.25, 0.3) is 0 Å². The van der Waals surface area contributed by atoms with Gasteiger partial charge in [-0.1, -0.05) is 28.1 Å². The van der Waals surface area contributed by atoms with Crippen LogP contribution in [0.3, 0.4) is 0 Å². The molecule has 1 unspecified atom stereocenters. The topological polar surface area (TPSA) is 52.3 Å². The number of nitrogens with two attached hydrogens (primary N) is 1. The van der Waals surface area contributed by atoms with Gasteiger partial charge in [-0.15, -0.1) is 0 Å². The van der Waals surface area contributed by atoms with Crippen molar-refractivity contribution in [2.75, 3.05) is 13.2 Å². The molecule has 0 aliphatic carbocycles. The lowest BCUT2D eigenvalue weighted by atomic mass is 9.91. The van der Waals surface area contributed by atoms with Crippen molar-refractivity contribution in [1.29, 1.82) is 0 Å². The van der Waals surface area contributed by atoms with Crippen molar-refractivity contribution in [3.05, 3.63) is 34.3 Å². The molecule has 18 heavy (non-hydrogen) atoms. The van der Waals surface area contributed by atoms with E-state index >= 15 is 0 Å². The Kier molecular flexibility index (Phi) is 6.98. The van der Waals surface area contributed by atoms with Gasteiger partial charge in [-0.2, -0.15) is 0 Å². The van der Waals surface area contributed by atoms with Crippen LogP contribution in [0.2, 0.25) is 0 Å². The first-order valence-corrected chi connectivity index (χ1v) is 7.07. The fourth-order valence-electron chi connectivity index (χ4n) is 1.91. The molecular formula is C14H20BrNO2. The zero-order valence-electron chi connectivity index (χ0n) is 10.7. The zero-order chi connectivity index (χ0) is 13.4. The van der Waals surface area contributed by atoms with Gasteiger partial charge in [0.05, 0.1) is 13.0 Å². The van der Waals surface area contributed by atoms with Gasteiger partial charge in [0.1, 0.15) is 0 Å². The van der Waals surface area contributed by atoms with Crippen molar-refractivity contribution >= 4 is 21.9 Å². The van der Waals surface area contributed by atoms with Gasteiger partial charge in [0.15, 0.2) is 0 Å². The summed E-state index contributed by atoms with van der Waals surface area (Å²) in [7, 11) is 0. The highest BCUT2D eigenvalue weighted by Crippen LogP contribution is 2.26. The molecule has 0 saturated carbocycles. The second kappa shape index (κ2) is 8.27. The molecule has 1 atom stereocenters. The molecule has 4 heteroatoms. The lowest BCUT2D eigenvalue weighted by Crippen LogP contribution is -2.12. The van der Waals surface area contributed by atoms with E-state index in [1.54, 1.807) is 0 Å². The highest BCUT2D eigenvalue weighted by molar-refractivity contribution is 9.10. The number of rotatable bonds is 7. The van der Waals surface area contributed by atoms with Crippen LogP contribution in [-0.4, -0.2) is 19.1 Å². The van der Waals surface area contributed by atoms with E-state index in [1.807, 2.05) is 31.2 Å². The minimum atomic E-state index is -0.137. The molecule has 0 radical (unpaired) electrons. The molecule has 0 bridgehead atoms. The molecule has 100 valence electrons. The summed E-state index contributed by atoms with van der Waals surface area (Å²) in [5, 5.41) is 0. The number of halogens is 1. The fourth-order valence-corrected chi connectivity index (χ4v) is 2.17. The monoisotopic (exact) mass is 313 g/mol. The van der Waals surface area contributed by atoms with Gasteiger partial charge >= 0.3 is 5.97 Å². The van der Waals surface area contributed by atoms with Gasteiger partial charge in [-0.3, -0.25) is 4.79 Å². The average molecular weight is 314 g/mol. The third-order valence-corrected chi connectivity index (χ3v) is 3.35. The fraction of sp³-hybridized carbons (Fsp3) is 0.500. The number of carbonyl (C=O) groups excluding carboxylic acids is 1. The Morgan fingerprint density at radius 1 is 1.39 bits per heavy atom. The summed E-state index contributed by atoms with van der Waals surface area (Å²) in [5.41, 5.74) is 6.71. The van der Waals surface area contributed by atoms with Crippen LogP contribution < -0.4 is 5.73 Å². The zero-order valence-corrected chi connectivity index (χ0v) is 12.3. The number of ether oxygens (including phenoxy) is 1. The minimum absolute atomic E-state index is 0.137. The van der Waals surface area contributed by atoms with Crippen molar-refractivity contribution in [3.63, 3.8) is 0 Å². The number of carbonyl (C=O) groups is 1. The summed E-state index contributed by atoms with van der Waals surface area (Å²) in [6.07, 6.45) is 2.26. The first-order chi connectivity index (χ1) is 8.67. The quantitative estimate of drug-likeness (QED) is 0.786. The Labute approximate surface area is 117 Å². The van der Waals surface area contributed by atoms with Crippen LogP contribution in [0.1, 0.15) is 37.7 Å². The second-order valence-electron chi connectivity index (χ2n) is 4.19. The van der Waals surface area contributed by atoms with E-state index in [9.17, 15) is 4.79 Å². The Bertz CT molecular complexity index is 365. The predicted molar refractivity (Wildman–Crippen MR) is 76.4 cm³/mol. The summed E-state index contributed by atoms with van der Waals surface area (Å²) >= 11 is 3.41. The van der Waals surface area contributed by atoms with Crippen LogP contribution in [0, 0.1) is 0 Å². The Balaban J connectivity index is 2.70. The summed E-state index contributed by atoms with van der Waals surface area (Å²) in [6, 6.07) is 8.08. The van der Waals surface area contributed by atoms with Gasteiger partial charge in [0.25, 0.3) is 0 Å². The highest BCUT2D eigenvalue weighted by atomic mass is 79.9. The molecule has 0 amide bonds. The first kappa shape index (κ1) is 15.2. The van der Waals surface area contributed by atoms with E-state index < -0.39 is 0 Å².